The zero-order chi connectivity index (χ0) is 77.6. The Kier molecular flexibility index (Phi) is 32.0. The zero-order valence-corrected chi connectivity index (χ0v) is 58.9. The van der Waals surface area contributed by atoms with Crippen LogP contribution in [-0.2, 0) is 63.1 Å². The molecule has 7 aromatic carbocycles. The number of benzene rings is 7. The number of allylic oxidation sites excluding steroid dienone is 3. The number of ether oxygens (including phenoxy) is 8. The van der Waals surface area contributed by atoms with Crippen molar-refractivity contribution in [3.63, 3.8) is 0 Å². The molecule has 0 spiro atoms. The van der Waals surface area contributed by atoms with Gasteiger partial charge in [0.15, 0.2) is 18.9 Å². The van der Waals surface area contributed by atoms with Crippen LogP contribution in [0.2, 0.25) is 0 Å². The molecule has 0 bridgehead atoms. The summed E-state index contributed by atoms with van der Waals surface area (Å²) in [4.78, 5) is 93.5. The van der Waals surface area contributed by atoms with E-state index in [9.17, 15) is 63.9 Å². The number of methoxy groups -OCH3 is 3. The lowest BCUT2D eigenvalue weighted by molar-refractivity contribution is -0.107. The number of nitrogens with zero attached hydrogens (tertiary/aromatic N) is 4. The molecule has 0 radical (unpaired) electrons. The molecule has 105 heavy (non-hydrogen) atoms. The summed E-state index contributed by atoms with van der Waals surface area (Å²) in [7, 11) is 11.3. The first-order chi connectivity index (χ1) is 50.2. The highest BCUT2D eigenvalue weighted by Crippen LogP contribution is 2.40. The largest absolute Gasteiger partial charge is 0.508 e. The summed E-state index contributed by atoms with van der Waals surface area (Å²) in [5.41, 5.74) is 7.28. The van der Waals surface area contributed by atoms with Gasteiger partial charge < -0.3 is 103 Å². The number of fused-ring (bicyclic) bond motifs is 4. The summed E-state index contributed by atoms with van der Waals surface area (Å²) in [6, 6.07) is 25.5. The summed E-state index contributed by atoms with van der Waals surface area (Å²) >= 11 is 0. The van der Waals surface area contributed by atoms with Crippen molar-refractivity contribution in [1.29, 1.82) is 0 Å². The van der Waals surface area contributed by atoms with Crippen molar-refractivity contribution >= 4 is 49.5 Å². The molecule has 0 saturated heterocycles. The number of aliphatic hydroxyl groups is 2. The third-order valence-corrected chi connectivity index (χ3v) is 15.5. The van der Waals surface area contributed by atoms with Crippen LogP contribution in [0.1, 0.15) is 81.1 Å². The van der Waals surface area contributed by atoms with Gasteiger partial charge in [0.1, 0.15) is 93.4 Å². The van der Waals surface area contributed by atoms with E-state index in [1.165, 1.54) is 70.2 Å². The fraction of sp³-hybridized carbons (Fsp3) is 0.247. The SMILES string of the molecule is C=CCOc1ccc(C=O)c(O)c1.C=CCc1c(O)ccc(C=O)c1O.C=CCc1c(O)ccc2c1OC(=O)N(C)C2.C=CCc1c(OC)ccc2c1OC(=O)N(C)C2.COc1ccc2c(c1CC(O)CO)OC(=O)N(C)C2.COc1ccc2c(c1CC=O)OC(=O)N(C)C2.O=Cc1ccc(O)cc1O. The van der Waals surface area contributed by atoms with Crippen LogP contribution < -0.4 is 37.9 Å². The second-order valence-corrected chi connectivity index (χ2v) is 23.0. The Balaban J connectivity index is 0.000000222. The fourth-order valence-corrected chi connectivity index (χ4v) is 10.2. The summed E-state index contributed by atoms with van der Waals surface area (Å²) in [5, 5.41) is 73.9. The van der Waals surface area contributed by atoms with Gasteiger partial charge in [0.05, 0.1) is 76.9 Å². The van der Waals surface area contributed by atoms with Crippen molar-refractivity contribution in [3.8, 4) is 80.5 Å². The van der Waals surface area contributed by atoms with Crippen molar-refractivity contribution in [2.45, 2.75) is 64.4 Å². The molecule has 1 unspecified atom stereocenters. The Morgan fingerprint density at radius 3 is 1.20 bits per heavy atom. The van der Waals surface area contributed by atoms with Crippen molar-refractivity contribution in [1.82, 2.24) is 19.6 Å². The minimum absolute atomic E-state index is 0.0250. The van der Waals surface area contributed by atoms with E-state index < -0.39 is 24.4 Å². The number of rotatable bonds is 20. The van der Waals surface area contributed by atoms with Gasteiger partial charge in [-0.1, -0.05) is 30.9 Å². The molecule has 7 aromatic rings. The molecule has 8 N–H and O–H groups in total. The van der Waals surface area contributed by atoms with E-state index in [0.29, 0.717) is 133 Å². The van der Waals surface area contributed by atoms with E-state index in [4.69, 9.17) is 53.2 Å². The van der Waals surface area contributed by atoms with Crippen LogP contribution in [-0.4, -0.2) is 179 Å². The summed E-state index contributed by atoms with van der Waals surface area (Å²) in [6.07, 6.45) is 8.25. The number of phenols is 6. The van der Waals surface area contributed by atoms with Crippen LogP contribution in [0.4, 0.5) is 19.2 Å². The normalized spacial score (nSPS) is 12.8. The van der Waals surface area contributed by atoms with Crippen LogP contribution in [0.25, 0.3) is 0 Å². The van der Waals surface area contributed by atoms with Crippen LogP contribution in [0.15, 0.2) is 148 Å². The van der Waals surface area contributed by atoms with Crippen molar-refractivity contribution in [2.24, 2.45) is 0 Å². The molecule has 0 saturated carbocycles. The summed E-state index contributed by atoms with van der Waals surface area (Å²) in [5.74, 6) is 3.93. The van der Waals surface area contributed by atoms with Gasteiger partial charge in [-0.05, 0) is 104 Å². The molecule has 28 heteroatoms. The predicted octanol–water partition coefficient (Wildman–Crippen LogP) is 10.7. The molecule has 4 aliphatic rings. The van der Waals surface area contributed by atoms with Crippen molar-refractivity contribution in [3.05, 3.63) is 214 Å². The maximum Gasteiger partial charge on any atom is 0.415 e. The highest BCUT2D eigenvalue weighted by molar-refractivity contribution is 5.82. The molecule has 28 nitrogen and oxygen atoms in total. The van der Waals surface area contributed by atoms with Crippen molar-refractivity contribution in [2.75, 3.05) is 62.7 Å². The van der Waals surface area contributed by atoms with Gasteiger partial charge in [-0.25, -0.2) is 19.2 Å². The van der Waals surface area contributed by atoms with E-state index in [2.05, 4.69) is 26.3 Å². The molecule has 11 rings (SSSR count). The molecule has 4 heterocycles. The molecular formula is C77H84N4O24. The van der Waals surface area contributed by atoms with Gasteiger partial charge in [-0.15, -0.1) is 19.7 Å². The molecule has 1 atom stereocenters. The molecule has 0 aromatic heterocycles. The first-order valence-electron chi connectivity index (χ1n) is 31.9. The lowest BCUT2D eigenvalue weighted by Crippen LogP contribution is -2.34. The lowest BCUT2D eigenvalue weighted by atomic mass is 10.0. The van der Waals surface area contributed by atoms with Crippen LogP contribution in [0, 0.1) is 0 Å². The van der Waals surface area contributed by atoms with Crippen LogP contribution in [0.3, 0.4) is 0 Å². The third-order valence-electron chi connectivity index (χ3n) is 15.5. The van der Waals surface area contributed by atoms with Gasteiger partial charge in [0.2, 0.25) is 0 Å². The first-order valence-corrected chi connectivity index (χ1v) is 31.9. The number of phenolic OH excluding ortho intramolecular Hbond substituents is 6. The Bertz CT molecular complexity index is 4220. The number of hydrogen-bond donors (Lipinski definition) is 8. The van der Waals surface area contributed by atoms with E-state index in [0.717, 1.165) is 45.9 Å². The minimum atomic E-state index is -0.918. The number of aliphatic hydroxyl groups excluding tert-OH is 2. The third kappa shape index (κ3) is 22.3. The predicted molar refractivity (Wildman–Crippen MR) is 385 cm³/mol. The summed E-state index contributed by atoms with van der Waals surface area (Å²) < 4.78 is 41.8. The molecule has 4 aliphatic heterocycles. The number of amides is 4. The minimum Gasteiger partial charge on any atom is -0.508 e. The Morgan fingerprint density at radius 2 is 0.800 bits per heavy atom. The average Bonchev–Trinajstić information content (AvgIpc) is 0.812. The first kappa shape index (κ1) is 82.8. The monoisotopic (exact) mass is 1450 g/mol. The Morgan fingerprint density at radius 1 is 0.438 bits per heavy atom. The lowest BCUT2D eigenvalue weighted by Gasteiger charge is -2.27. The number of aldehydes is 4. The maximum absolute atomic E-state index is 11.6. The van der Waals surface area contributed by atoms with Gasteiger partial charge >= 0.3 is 24.4 Å². The zero-order valence-electron chi connectivity index (χ0n) is 58.9. The standard InChI is InChI=1S/C13H17NO5.C13H15NO3.C12H13NO4.C12H13NO3.2C10H10O3.C7H6O3/c1-14-6-8-3-4-11(18-2)10(5-9(16)7-15)12(8)19-13(14)17;1-4-5-10-11(16-3)7-6-9-8-14(2)13(15)17-12(9)10;1-13-7-8-3-4-10(16-2)9(5-6-14)11(8)17-12(13)15;1-3-4-9-10(14)6-5-8-7-13(2)12(15)16-11(8)9;1-2-5-13-9-4-3-8(7-11)10(12)6-9;1-2-3-8-9(12)5-4-7(6-11)10(8)13;8-4-5-1-2-6(9)3-7(5)10/h3-4,9,15-16H,5-7H2,1-2H3;4,6-7H,1,5,8H2,2-3H3;3-4,6H,5,7H2,1-2H3;3,5-6,14H,1,4,7H2,2H3;2-4,6-7,12H,1,5H2;2,4-6,12-13H,1,3H2;1-4,9-10H. The van der Waals surface area contributed by atoms with Gasteiger partial charge in [-0.3, -0.25) is 14.4 Å². The quantitative estimate of drug-likeness (QED) is 0.0260. The van der Waals surface area contributed by atoms with Crippen molar-refractivity contribution < 1.29 is 117 Å². The van der Waals surface area contributed by atoms with Crippen LogP contribution >= 0.6 is 0 Å². The number of carbonyl (C=O) groups excluding carboxylic acids is 8. The number of aromatic hydroxyl groups is 6. The van der Waals surface area contributed by atoms with E-state index >= 15 is 0 Å². The molecule has 0 fully saturated rings. The Hall–Kier alpha value is -12.8. The van der Waals surface area contributed by atoms with E-state index in [-0.39, 0.29) is 76.7 Å². The van der Waals surface area contributed by atoms with Gasteiger partial charge in [0.25, 0.3) is 0 Å². The average molecular weight is 1450 g/mol. The maximum atomic E-state index is 11.6. The van der Waals surface area contributed by atoms with E-state index in [1.807, 2.05) is 24.3 Å². The Labute approximate surface area is 605 Å². The van der Waals surface area contributed by atoms with E-state index in [1.54, 1.807) is 89.9 Å². The second-order valence-electron chi connectivity index (χ2n) is 23.0. The van der Waals surface area contributed by atoms with Gasteiger partial charge in [-0.2, -0.15) is 0 Å². The number of hydrogen-bond acceptors (Lipinski definition) is 24. The highest BCUT2D eigenvalue weighted by Gasteiger charge is 2.30. The van der Waals surface area contributed by atoms with Gasteiger partial charge in [0, 0.05) is 103 Å². The molecule has 4 amide bonds. The van der Waals surface area contributed by atoms with Crippen LogP contribution in [0.5, 0.6) is 80.5 Å². The summed E-state index contributed by atoms with van der Waals surface area (Å²) in [6.45, 7) is 16.3. The smallest absolute Gasteiger partial charge is 0.415 e. The number of carbonyl (C=O) groups is 8. The second kappa shape index (κ2) is 40.6. The highest BCUT2D eigenvalue weighted by atomic mass is 16.6. The molecule has 556 valence electrons. The fourth-order valence-electron chi connectivity index (χ4n) is 10.2. The molecular weight excluding hydrogens is 1360 g/mol. The molecule has 0 aliphatic carbocycles. The topological polar surface area (TPSA) is 385 Å².